The van der Waals surface area contributed by atoms with Gasteiger partial charge in [-0.25, -0.2) is 4.79 Å². The highest BCUT2D eigenvalue weighted by atomic mass is 16.5. The van der Waals surface area contributed by atoms with Crippen LogP contribution in [-0.4, -0.2) is 75.2 Å². The number of rotatable bonds is 11. The van der Waals surface area contributed by atoms with Crippen molar-refractivity contribution in [3.05, 3.63) is 11.8 Å². The molecule has 1 aliphatic rings. The Bertz CT molecular complexity index is 580. The van der Waals surface area contributed by atoms with Gasteiger partial charge in [0, 0.05) is 19.9 Å². The minimum Gasteiger partial charge on any atom is -0.478 e. The molecule has 0 fully saturated rings. The molecule has 10 heteroatoms. The highest BCUT2D eigenvalue weighted by Crippen LogP contribution is 2.23. The second kappa shape index (κ2) is 11.6. The summed E-state index contributed by atoms with van der Waals surface area (Å²) in [7, 11) is 0. The van der Waals surface area contributed by atoms with E-state index in [1.165, 1.54) is 6.92 Å². The first-order valence-corrected chi connectivity index (χ1v) is 9.37. The van der Waals surface area contributed by atoms with E-state index in [0.717, 1.165) is 25.3 Å². The molecule has 1 aliphatic heterocycles. The average molecular weight is 402 g/mol. The molecule has 10 nitrogen and oxygen atoms in total. The number of carboxylic acids is 1. The van der Waals surface area contributed by atoms with Gasteiger partial charge >= 0.3 is 5.97 Å². The van der Waals surface area contributed by atoms with Crippen molar-refractivity contribution in [3.63, 3.8) is 0 Å². The molecular weight excluding hydrogens is 372 g/mol. The van der Waals surface area contributed by atoms with E-state index in [9.17, 15) is 29.7 Å². The van der Waals surface area contributed by atoms with Crippen molar-refractivity contribution in [1.82, 2.24) is 10.6 Å². The zero-order valence-electron chi connectivity index (χ0n) is 16.1. The van der Waals surface area contributed by atoms with E-state index in [1.54, 1.807) is 0 Å². The summed E-state index contributed by atoms with van der Waals surface area (Å²) in [4.78, 5) is 34.3. The molecule has 0 radical (unpaired) electrons. The number of carbonyl (C=O) groups is 3. The Morgan fingerprint density at radius 1 is 1.21 bits per heavy atom. The molecule has 6 N–H and O–H groups in total. The van der Waals surface area contributed by atoms with E-state index in [4.69, 9.17) is 9.84 Å². The molecule has 0 aromatic carbocycles. The van der Waals surface area contributed by atoms with Gasteiger partial charge in [0.1, 0.15) is 18.3 Å². The average Bonchev–Trinajstić information content (AvgIpc) is 2.63. The van der Waals surface area contributed by atoms with Crippen LogP contribution in [0.3, 0.4) is 0 Å². The largest absolute Gasteiger partial charge is 0.478 e. The molecule has 0 spiro atoms. The van der Waals surface area contributed by atoms with Gasteiger partial charge in [0.05, 0.1) is 6.04 Å². The summed E-state index contributed by atoms with van der Waals surface area (Å²) in [5.74, 6) is -2.89. The molecule has 0 saturated heterocycles. The van der Waals surface area contributed by atoms with Crippen molar-refractivity contribution in [3.8, 4) is 0 Å². The molecule has 1 heterocycles. The Hall–Kier alpha value is -2.17. The minimum absolute atomic E-state index is 0.281. The van der Waals surface area contributed by atoms with Crippen LogP contribution in [0.4, 0.5) is 0 Å². The second-order valence-corrected chi connectivity index (χ2v) is 6.81. The van der Waals surface area contributed by atoms with Crippen LogP contribution in [-0.2, 0) is 19.1 Å². The highest BCUT2D eigenvalue weighted by molar-refractivity contribution is 5.84. The SMILES string of the molecule is CCCCCCC(=O)NC[C@@H](O)[C@@H](O)[C@@H]1OC(C(=O)O)=C[C@H](O)[C@H]1NC(C)=O. The zero-order valence-corrected chi connectivity index (χ0v) is 16.1. The molecular formula is C18H30N2O8. The van der Waals surface area contributed by atoms with Crippen molar-refractivity contribution in [2.45, 2.75) is 76.4 Å². The van der Waals surface area contributed by atoms with E-state index in [2.05, 4.69) is 17.6 Å². The van der Waals surface area contributed by atoms with Crippen LogP contribution in [0.15, 0.2) is 11.8 Å². The zero-order chi connectivity index (χ0) is 21.3. The van der Waals surface area contributed by atoms with Crippen LogP contribution in [0.25, 0.3) is 0 Å². The summed E-state index contributed by atoms with van der Waals surface area (Å²) in [5, 5.41) is 44.6. The van der Waals surface area contributed by atoms with Gasteiger partial charge in [-0.2, -0.15) is 0 Å². The predicted molar refractivity (Wildman–Crippen MR) is 98.0 cm³/mol. The Morgan fingerprint density at radius 2 is 1.89 bits per heavy atom. The summed E-state index contributed by atoms with van der Waals surface area (Å²) >= 11 is 0. The standard InChI is InChI=1S/C18H30N2O8/c1-3-4-5-6-7-14(24)19-9-12(23)16(25)17-15(20-10(2)21)11(22)8-13(28-17)18(26)27/h8,11-12,15-17,22-23,25H,3-7,9H2,1-2H3,(H,19,24)(H,20,21)(H,26,27)/t11-,12+,15+,16+,17+/m0/s1. The lowest BCUT2D eigenvalue weighted by Gasteiger charge is -2.38. The van der Waals surface area contributed by atoms with Crippen molar-refractivity contribution >= 4 is 17.8 Å². The van der Waals surface area contributed by atoms with Crippen LogP contribution >= 0.6 is 0 Å². The second-order valence-electron chi connectivity index (χ2n) is 6.81. The third-order valence-corrected chi connectivity index (χ3v) is 4.38. The quantitative estimate of drug-likeness (QED) is 0.240. The van der Waals surface area contributed by atoms with Gasteiger partial charge in [0.25, 0.3) is 0 Å². The Balaban J connectivity index is 2.69. The van der Waals surface area contributed by atoms with Crippen LogP contribution in [0.5, 0.6) is 0 Å². The van der Waals surface area contributed by atoms with Gasteiger partial charge in [-0.3, -0.25) is 9.59 Å². The van der Waals surface area contributed by atoms with Gasteiger partial charge in [0.2, 0.25) is 17.6 Å². The third-order valence-electron chi connectivity index (χ3n) is 4.38. The number of carbonyl (C=O) groups excluding carboxylic acids is 2. The smallest absolute Gasteiger partial charge is 0.370 e. The minimum atomic E-state index is -1.67. The summed E-state index contributed by atoms with van der Waals surface area (Å²) in [6.45, 7) is 2.95. The first-order chi connectivity index (χ1) is 13.2. The number of aliphatic hydroxyl groups excluding tert-OH is 3. The molecule has 28 heavy (non-hydrogen) atoms. The van der Waals surface area contributed by atoms with Crippen molar-refractivity contribution < 1.29 is 39.5 Å². The van der Waals surface area contributed by atoms with E-state index >= 15 is 0 Å². The van der Waals surface area contributed by atoms with E-state index in [0.29, 0.717) is 12.8 Å². The van der Waals surface area contributed by atoms with Gasteiger partial charge in [-0.15, -0.1) is 0 Å². The molecule has 1 rings (SSSR count). The fraction of sp³-hybridized carbons (Fsp3) is 0.722. The van der Waals surface area contributed by atoms with Gasteiger partial charge in [-0.1, -0.05) is 26.2 Å². The lowest BCUT2D eigenvalue weighted by atomic mass is 9.93. The molecule has 0 aromatic heterocycles. The number of nitrogens with one attached hydrogen (secondary N) is 2. The van der Waals surface area contributed by atoms with Crippen molar-refractivity contribution in [2.75, 3.05) is 6.54 Å². The Kier molecular flexibility index (Phi) is 9.91. The highest BCUT2D eigenvalue weighted by Gasteiger charge is 2.43. The molecule has 0 aromatic rings. The lowest BCUT2D eigenvalue weighted by Crippen LogP contribution is -2.60. The maximum absolute atomic E-state index is 11.8. The molecule has 0 aliphatic carbocycles. The van der Waals surface area contributed by atoms with Gasteiger partial charge in [0.15, 0.2) is 6.10 Å². The Morgan fingerprint density at radius 3 is 2.46 bits per heavy atom. The van der Waals surface area contributed by atoms with Crippen LogP contribution in [0.2, 0.25) is 0 Å². The van der Waals surface area contributed by atoms with Crippen LogP contribution in [0.1, 0.15) is 46.0 Å². The first-order valence-electron chi connectivity index (χ1n) is 9.37. The number of amides is 2. The molecule has 0 bridgehead atoms. The third kappa shape index (κ3) is 7.45. The maximum atomic E-state index is 11.8. The number of unbranched alkanes of at least 4 members (excludes halogenated alkanes) is 3. The lowest BCUT2D eigenvalue weighted by molar-refractivity contribution is -0.147. The molecule has 0 unspecified atom stereocenters. The fourth-order valence-corrected chi connectivity index (χ4v) is 2.88. The maximum Gasteiger partial charge on any atom is 0.370 e. The number of hydrogen-bond donors (Lipinski definition) is 6. The van der Waals surface area contributed by atoms with E-state index in [-0.39, 0.29) is 12.5 Å². The Labute approximate surface area is 163 Å². The summed E-state index contributed by atoms with van der Waals surface area (Å²) in [5.41, 5.74) is 0. The van der Waals surface area contributed by atoms with Crippen LogP contribution in [0, 0.1) is 0 Å². The summed E-state index contributed by atoms with van der Waals surface area (Å²) in [6.07, 6.45) is -1.13. The number of aliphatic carboxylic acids is 1. The van der Waals surface area contributed by atoms with Crippen LogP contribution < -0.4 is 10.6 Å². The van der Waals surface area contributed by atoms with Crippen molar-refractivity contribution in [1.29, 1.82) is 0 Å². The van der Waals surface area contributed by atoms with E-state index in [1.807, 2.05) is 0 Å². The summed E-state index contributed by atoms with van der Waals surface area (Å²) in [6, 6.07) is -1.17. The normalized spacial score (nSPS) is 23.8. The molecule has 160 valence electrons. The molecule has 5 atom stereocenters. The molecule has 0 saturated carbocycles. The number of hydrogen-bond acceptors (Lipinski definition) is 7. The predicted octanol–water partition coefficient (Wildman–Crippen LogP) is -0.972. The van der Waals surface area contributed by atoms with Gasteiger partial charge in [-0.05, 0) is 12.5 Å². The summed E-state index contributed by atoms with van der Waals surface area (Å²) < 4.78 is 5.18. The monoisotopic (exact) mass is 402 g/mol. The van der Waals surface area contributed by atoms with Crippen molar-refractivity contribution in [2.24, 2.45) is 0 Å². The van der Waals surface area contributed by atoms with Gasteiger partial charge < -0.3 is 35.8 Å². The fourth-order valence-electron chi connectivity index (χ4n) is 2.88. The molecule has 2 amide bonds. The number of carboxylic acid groups (broad SMARTS) is 1. The number of aliphatic hydroxyl groups is 3. The number of ether oxygens (including phenoxy) is 1. The van der Waals surface area contributed by atoms with E-state index < -0.39 is 48.1 Å². The topological polar surface area (TPSA) is 165 Å². The first kappa shape index (κ1) is 23.9.